The van der Waals surface area contributed by atoms with E-state index in [1.165, 1.54) is 12.8 Å². The highest BCUT2D eigenvalue weighted by Gasteiger charge is 2.33. The number of pyridine rings is 1. The molecule has 0 bridgehead atoms. The first kappa shape index (κ1) is 14.1. The number of rotatable bonds is 6. The first-order chi connectivity index (χ1) is 9.19. The molecule has 1 aliphatic carbocycles. The zero-order valence-corrected chi connectivity index (χ0v) is 12.0. The average Bonchev–Trinajstić information content (AvgIpc) is 3.25. The van der Waals surface area contributed by atoms with Crippen molar-refractivity contribution in [2.75, 3.05) is 25.2 Å². The van der Waals surface area contributed by atoms with Gasteiger partial charge in [-0.2, -0.15) is 5.26 Å². The van der Waals surface area contributed by atoms with Crippen molar-refractivity contribution in [2.45, 2.75) is 25.8 Å². The summed E-state index contributed by atoms with van der Waals surface area (Å²) in [4.78, 5) is 6.52. The first-order valence-corrected chi connectivity index (χ1v) is 6.87. The molecule has 1 aromatic rings. The molecule has 0 saturated heterocycles. The Morgan fingerprint density at radius 2 is 2.37 bits per heavy atom. The van der Waals surface area contributed by atoms with Crippen molar-refractivity contribution in [1.82, 2.24) is 4.98 Å². The second kappa shape index (κ2) is 6.23. The van der Waals surface area contributed by atoms with Crippen LogP contribution in [0.2, 0.25) is 5.02 Å². The van der Waals surface area contributed by atoms with Gasteiger partial charge in [0.15, 0.2) is 0 Å². The highest BCUT2D eigenvalue weighted by atomic mass is 35.5. The van der Waals surface area contributed by atoms with Gasteiger partial charge in [0, 0.05) is 25.9 Å². The summed E-state index contributed by atoms with van der Waals surface area (Å²) in [6.45, 7) is 3.53. The normalized spacial score (nSPS) is 15.9. The van der Waals surface area contributed by atoms with Crippen LogP contribution in [0.3, 0.4) is 0 Å². The summed E-state index contributed by atoms with van der Waals surface area (Å²) < 4.78 is 5.16. The summed E-state index contributed by atoms with van der Waals surface area (Å²) in [5.41, 5.74) is 0.470. The van der Waals surface area contributed by atoms with Crippen molar-refractivity contribution in [3.63, 3.8) is 0 Å². The van der Waals surface area contributed by atoms with Crippen LogP contribution in [0.4, 0.5) is 5.82 Å². The van der Waals surface area contributed by atoms with Crippen LogP contribution >= 0.6 is 11.6 Å². The van der Waals surface area contributed by atoms with Crippen LogP contribution in [0.5, 0.6) is 0 Å². The molecule has 1 unspecified atom stereocenters. The highest BCUT2D eigenvalue weighted by molar-refractivity contribution is 6.34. The maximum atomic E-state index is 9.06. The zero-order chi connectivity index (χ0) is 13.8. The molecule has 1 aliphatic rings. The van der Waals surface area contributed by atoms with Crippen molar-refractivity contribution >= 4 is 17.4 Å². The maximum absolute atomic E-state index is 9.06. The van der Waals surface area contributed by atoms with Crippen LogP contribution in [0.15, 0.2) is 12.3 Å². The van der Waals surface area contributed by atoms with Crippen LogP contribution < -0.4 is 4.90 Å². The fraction of sp³-hybridized carbons (Fsp3) is 0.571. The molecule has 0 amide bonds. The standard InChI is InChI=1S/C14H18ClN3O/c1-10(11-3-4-11)18(7-8-19-2)14-13(15)12(9-16)5-6-17-14/h5-6,10-11H,3-4,7-8H2,1-2H3. The molecule has 1 fully saturated rings. The van der Waals surface area contributed by atoms with Crippen LogP contribution in [-0.4, -0.2) is 31.3 Å². The molecule has 1 aromatic heterocycles. The van der Waals surface area contributed by atoms with E-state index in [4.69, 9.17) is 21.6 Å². The minimum absolute atomic E-state index is 0.370. The van der Waals surface area contributed by atoms with Gasteiger partial charge in [-0.05, 0) is 31.7 Å². The number of hydrogen-bond donors (Lipinski definition) is 0. The summed E-state index contributed by atoms with van der Waals surface area (Å²) in [5, 5.41) is 9.49. The Hall–Kier alpha value is -1.31. The summed E-state index contributed by atoms with van der Waals surface area (Å²) >= 11 is 6.28. The van der Waals surface area contributed by atoms with E-state index < -0.39 is 0 Å². The van der Waals surface area contributed by atoms with Crippen LogP contribution in [-0.2, 0) is 4.74 Å². The third-order valence-electron chi connectivity index (χ3n) is 3.60. The molecular formula is C14H18ClN3O. The molecule has 102 valence electrons. The van der Waals surface area contributed by atoms with Gasteiger partial charge in [0.05, 0.1) is 12.2 Å². The van der Waals surface area contributed by atoms with Gasteiger partial charge in [-0.25, -0.2) is 4.98 Å². The molecule has 4 nitrogen and oxygen atoms in total. The van der Waals surface area contributed by atoms with Gasteiger partial charge in [0.2, 0.25) is 0 Å². The number of nitrogens with zero attached hydrogens (tertiary/aromatic N) is 3. The van der Waals surface area contributed by atoms with Crippen LogP contribution in [0.25, 0.3) is 0 Å². The second-order valence-corrected chi connectivity index (χ2v) is 5.25. The minimum Gasteiger partial charge on any atom is -0.383 e. The van der Waals surface area contributed by atoms with E-state index in [9.17, 15) is 0 Å². The molecule has 19 heavy (non-hydrogen) atoms. The SMILES string of the molecule is COCCN(c1nccc(C#N)c1Cl)C(C)C1CC1. The Labute approximate surface area is 118 Å². The molecule has 0 aromatic carbocycles. The van der Waals surface area contributed by atoms with E-state index in [-0.39, 0.29) is 0 Å². The van der Waals surface area contributed by atoms with Crippen molar-refractivity contribution < 1.29 is 4.74 Å². The number of ether oxygens (including phenoxy) is 1. The van der Waals surface area contributed by atoms with E-state index in [0.717, 1.165) is 6.54 Å². The number of methoxy groups -OCH3 is 1. The van der Waals surface area contributed by atoms with E-state index >= 15 is 0 Å². The highest BCUT2D eigenvalue weighted by Crippen LogP contribution is 2.38. The van der Waals surface area contributed by atoms with Crippen LogP contribution in [0.1, 0.15) is 25.3 Å². The van der Waals surface area contributed by atoms with E-state index in [0.29, 0.717) is 35.0 Å². The smallest absolute Gasteiger partial charge is 0.149 e. The Bertz CT molecular complexity index is 482. The van der Waals surface area contributed by atoms with E-state index in [1.807, 2.05) is 0 Å². The van der Waals surface area contributed by atoms with Crippen molar-refractivity contribution in [1.29, 1.82) is 5.26 Å². The molecule has 1 heterocycles. The molecule has 1 saturated carbocycles. The molecule has 0 N–H and O–H groups in total. The zero-order valence-electron chi connectivity index (χ0n) is 11.3. The monoisotopic (exact) mass is 279 g/mol. The maximum Gasteiger partial charge on any atom is 0.149 e. The van der Waals surface area contributed by atoms with Crippen molar-refractivity contribution in [3.05, 3.63) is 22.8 Å². The average molecular weight is 280 g/mol. The van der Waals surface area contributed by atoms with E-state index in [2.05, 4.69) is 22.9 Å². The van der Waals surface area contributed by atoms with Gasteiger partial charge in [-0.1, -0.05) is 11.6 Å². The molecule has 0 aliphatic heterocycles. The molecule has 5 heteroatoms. The fourth-order valence-electron chi connectivity index (χ4n) is 2.24. The first-order valence-electron chi connectivity index (χ1n) is 6.49. The van der Waals surface area contributed by atoms with Gasteiger partial charge in [-0.15, -0.1) is 0 Å². The number of aromatic nitrogens is 1. The molecule has 0 radical (unpaired) electrons. The van der Waals surface area contributed by atoms with Gasteiger partial charge in [-0.3, -0.25) is 0 Å². The predicted octanol–water partition coefficient (Wildman–Crippen LogP) is 2.86. The Morgan fingerprint density at radius 1 is 1.63 bits per heavy atom. The third kappa shape index (κ3) is 3.17. The lowest BCUT2D eigenvalue weighted by Gasteiger charge is -2.31. The second-order valence-electron chi connectivity index (χ2n) is 4.87. The lowest BCUT2D eigenvalue weighted by atomic mass is 10.1. The molecule has 2 rings (SSSR count). The van der Waals surface area contributed by atoms with Crippen molar-refractivity contribution in [2.24, 2.45) is 5.92 Å². The van der Waals surface area contributed by atoms with Crippen molar-refractivity contribution in [3.8, 4) is 6.07 Å². The number of hydrogen-bond acceptors (Lipinski definition) is 4. The predicted molar refractivity (Wildman–Crippen MR) is 75.4 cm³/mol. The minimum atomic E-state index is 0.370. The quantitative estimate of drug-likeness (QED) is 0.803. The van der Waals surface area contributed by atoms with Gasteiger partial charge in [0.25, 0.3) is 0 Å². The topological polar surface area (TPSA) is 49.1 Å². The third-order valence-corrected chi connectivity index (χ3v) is 3.97. The van der Waals surface area contributed by atoms with Gasteiger partial charge >= 0.3 is 0 Å². The number of anilines is 1. The number of halogens is 1. The fourth-order valence-corrected chi connectivity index (χ4v) is 2.51. The molecule has 1 atom stereocenters. The summed E-state index contributed by atoms with van der Waals surface area (Å²) in [6.07, 6.45) is 4.14. The van der Waals surface area contributed by atoms with Gasteiger partial charge in [0.1, 0.15) is 16.9 Å². The molecule has 0 spiro atoms. The molecular weight excluding hydrogens is 262 g/mol. The Balaban J connectivity index is 2.29. The summed E-state index contributed by atoms with van der Waals surface area (Å²) in [6, 6.07) is 4.11. The Kier molecular flexibility index (Phi) is 4.62. The summed E-state index contributed by atoms with van der Waals surface area (Å²) in [7, 11) is 1.68. The van der Waals surface area contributed by atoms with Gasteiger partial charge < -0.3 is 9.64 Å². The van der Waals surface area contributed by atoms with E-state index in [1.54, 1.807) is 19.4 Å². The summed E-state index contributed by atoms with van der Waals surface area (Å²) in [5.74, 6) is 1.39. The largest absolute Gasteiger partial charge is 0.383 e. The Morgan fingerprint density at radius 3 is 2.95 bits per heavy atom. The number of nitriles is 1. The van der Waals surface area contributed by atoms with Crippen LogP contribution in [0, 0.1) is 17.2 Å². The lowest BCUT2D eigenvalue weighted by Crippen LogP contribution is -2.38. The lowest BCUT2D eigenvalue weighted by molar-refractivity contribution is 0.202.